The number of methoxy groups -OCH3 is 1. The lowest BCUT2D eigenvalue weighted by molar-refractivity contribution is -0.141. The van der Waals surface area contributed by atoms with Crippen molar-refractivity contribution in [1.29, 1.82) is 0 Å². The summed E-state index contributed by atoms with van der Waals surface area (Å²) in [6.45, 7) is 2.04. The number of halogens is 4. The third-order valence-corrected chi connectivity index (χ3v) is 5.37. The lowest BCUT2D eigenvalue weighted by Gasteiger charge is -2.14. The number of carbonyl (C=O) groups excluding carboxylic acids is 1. The fourth-order valence-corrected chi connectivity index (χ4v) is 3.67. The molecule has 4 rings (SSSR count). The molecule has 1 aromatic carbocycles. The summed E-state index contributed by atoms with van der Waals surface area (Å²) in [5, 5.41) is 2.84. The van der Waals surface area contributed by atoms with Gasteiger partial charge in [-0.25, -0.2) is 9.37 Å². The molecule has 10 heteroatoms. The second-order valence-electron chi connectivity index (χ2n) is 7.80. The summed E-state index contributed by atoms with van der Waals surface area (Å²) in [7, 11) is 1.24. The van der Waals surface area contributed by atoms with Crippen LogP contribution in [0.1, 0.15) is 46.6 Å². The number of hydrogen-bond donors (Lipinski definition) is 1. The van der Waals surface area contributed by atoms with E-state index in [4.69, 9.17) is 4.74 Å². The molecule has 2 aromatic heterocycles. The van der Waals surface area contributed by atoms with Crippen molar-refractivity contribution in [2.45, 2.75) is 32.1 Å². The Morgan fingerprint density at radius 3 is 2.59 bits per heavy atom. The number of rotatable bonds is 6. The quantitative estimate of drug-likeness (QED) is 0.539. The highest BCUT2D eigenvalue weighted by Crippen LogP contribution is 2.32. The summed E-state index contributed by atoms with van der Waals surface area (Å²) in [6, 6.07) is 9.58. The Kier molecular flexibility index (Phi) is 6.32. The van der Waals surface area contributed by atoms with Crippen molar-refractivity contribution in [3.63, 3.8) is 0 Å². The normalized spacial score (nSPS) is 13.8. The minimum Gasteiger partial charge on any atom is -0.481 e. The summed E-state index contributed by atoms with van der Waals surface area (Å²) in [5.74, 6) is -0.791. The van der Waals surface area contributed by atoms with E-state index in [9.17, 15) is 22.4 Å². The van der Waals surface area contributed by atoms with Crippen molar-refractivity contribution in [2.24, 2.45) is 4.99 Å². The predicted octanol–water partition coefficient (Wildman–Crippen LogP) is 4.41. The fourth-order valence-electron chi connectivity index (χ4n) is 3.67. The number of amides is 1. The number of benzene rings is 1. The first-order valence-corrected chi connectivity index (χ1v) is 10.3. The van der Waals surface area contributed by atoms with Crippen LogP contribution in [0.3, 0.4) is 0 Å². The van der Waals surface area contributed by atoms with E-state index >= 15 is 0 Å². The first-order chi connectivity index (χ1) is 16.1. The van der Waals surface area contributed by atoms with Crippen LogP contribution in [0.2, 0.25) is 0 Å². The maximum Gasteiger partial charge on any atom is 0.433 e. The van der Waals surface area contributed by atoms with Crippen LogP contribution >= 0.6 is 0 Å². The molecule has 0 radical (unpaired) electrons. The number of ether oxygens (including phenoxy) is 1. The van der Waals surface area contributed by atoms with Gasteiger partial charge in [-0.3, -0.25) is 14.8 Å². The summed E-state index contributed by atoms with van der Waals surface area (Å²) in [6.07, 6.45) is -3.12. The number of fused-ring (bicyclic) bond motifs is 1. The van der Waals surface area contributed by atoms with Gasteiger partial charge in [0.2, 0.25) is 11.8 Å². The van der Waals surface area contributed by atoms with Crippen LogP contribution in [0.15, 0.2) is 53.7 Å². The molecule has 3 aromatic rings. The van der Waals surface area contributed by atoms with Gasteiger partial charge in [-0.1, -0.05) is 12.1 Å². The zero-order chi connectivity index (χ0) is 24.5. The Bertz CT molecular complexity index is 1260. The van der Waals surface area contributed by atoms with E-state index in [1.807, 2.05) is 0 Å². The Hall–Kier alpha value is -3.82. The van der Waals surface area contributed by atoms with Gasteiger partial charge in [0.1, 0.15) is 11.5 Å². The molecule has 0 aliphatic carbocycles. The number of nitrogens with zero attached hydrogens (tertiary/aromatic N) is 3. The fraction of sp³-hybridized carbons (Fsp3) is 0.250. The van der Waals surface area contributed by atoms with E-state index in [0.29, 0.717) is 17.0 Å². The molecule has 0 bridgehead atoms. The van der Waals surface area contributed by atoms with Crippen molar-refractivity contribution in [3.8, 4) is 5.88 Å². The number of aromatic nitrogens is 2. The van der Waals surface area contributed by atoms with Crippen LogP contribution in [-0.4, -0.2) is 28.7 Å². The highest BCUT2D eigenvalue weighted by Gasteiger charge is 2.34. The number of pyridine rings is 2. The van der Waals surface area contributed by atoms with Gasteiger partial charge >= 0.3 is 6.18 Å². The van der Waals surface area contributed by atoms with Crippen molar-refractivity contribution in [3.05, 3.63) is 88.1 Å². The van der Waals surface area contributed by atoms with Gasteiger partial charge in [-0.05, 0) is 42.3 Å². The molecule has 0 unspecified atom stereocenters. The van der Waals surface area contributed by atoms with Gasteiger partial charge in [-0.2, -0.15) is 13.2 Å². The van der Waals surface area contributed by atoms with Crippen molar-refractivity contribution < 1.29 is 27.1 Å². The summed E-state index contributed by atoms with van der Waals surface area (Å²) >= 11 is 0. The van der Waals surface area contributed by atoms with E-state index < -0.39 is 11.9 Å². The largest absolute Gasteiger partial charge is 0.481 e. The second kappa shape index (κ2) is 9.20. The van der Waals surface area contributed by atoms with E-state index in [0.717, 1.165) is 17.2 Å². The molecule has 1 atom stereocenters. The summed E-state index contributed by atoms with van der Waals surface area (Å²) < 4.78 is 57.7. The van der Waals surface area contributed by atoms with Crippen molar-refractivity contribution in [2.75, 3.05) is 7.11 Å². The lowest BCUT2D eigenvalue weighted by atomic mass is 10.0. The molecule has 1 amide bonds. The maximum absolute atomic E-state index is 13.2. The molecule has 6 nitrogen and oxygen atoms in total. The van der Waals surface area contributed by atoms with E-state index in [1.165, 1.54) is 31.5 Å². The highest BCUT2D eigenvalue weighted by atomic mass is 19.4. The Morgan fingerprint density at radius 2 is 1.91 bits per heavy atom. The van der Waals surface area contributed by atoms with Gasteiger partial charge in [0, 0.05) is 23.4 Å². The molecule has 34 heavy (non-hydrogen) atoms. The molecule has 3 heterocycles. The van der Waals surface area contributed by atoms with Crippen LogP contribution in [-0.2, 0) is 23.9 Å². The third-order valence-electron chi connectivity index (χ3n) is 5.37. The first kappa shape index (κ1) is 23.3. The molecule has 1 aliphatic heterocycles. The molecule has 0 saturated heterocycles. The summed E-state index contributed by atoms with van der Waals surface area (Å²) in [4.78, 5) is 24.6. The number of alkyl halides is 3. The topological polar surface area (TPSA) is 76.5 Å². The van der Waals surface area contributed by atoms with Gasteiger partial charge in [-0.15, -0.1) is 0 Å². The zero-order valence-corrected chi connectivity index (χ0v) is 18.3. The average Bonchev–Trinajstić information content (AvgIpc) is 3.21. The number of hydrogen-bond acceptors (Lipinski definition) is 5. The van der Waals surface area contributed by atoms with Crippen LogP contribution in [0.25, 0.3) is 0 Å². The number of nitrogens with one attached hydrogen (secondary N) is 1. The number of carbonyl (C=O) groups is 1. The average molecular weight is 472 g/mol. The molecule has 176 valence electrons. The standard InChI is InChI=1S/C24H20F4N4O2/c1-13(14-3-5-17(25)6-4-14)31-21(33)10-18-7-16-11-30-23(19(16)12-29-18)15-8-20(24(26,27)28)32-22(9-15)34-2/h3-9,12-13H,10-11H2,1-2H3,(H,31,33)/t13-/m1/s1. The molecule has 1 aliphatic rings. The van der Waals surface area contributed by atoms with E-state index in [-0.39, 0.29) is 42.2 Å². The molecule has 0 saturated carbocycles. The predicted molar refractivity (Wildman–Crippen MR) is 116 cm³/mol. The van der Waals surface area contributed by atoms with E-state index in [2.05, 4.69) is 20.3 Å². The molecule has 1 N–H and O–H groups in total. The van der Waals surface area contributed by atoms with Crippen molar-refractivity contribution in [1.82, 2.24) is 15.3 Å². The Balaban J connectivity index is 1.49. The second-order valence-corrected chi connectivity index (χ2v) is 7.80. The minimum atomic E-state index is -4.63. The highest BCUT2D eigenvalue weighted by molar-refractivity contribution is 6.15. The Labute approximate surface area is 192 Å². The van der Waals surface area contributed by atoms with Gasteiger partial charge in [0.25, 0.3) is 0 Å². The maximum atomic E-state index is 13.2. The van der Waals surface area contributed by atoms with E-state index in [1.54, 1.807) is 25.1 Å². The first-order valence-electron chi connectivity index (χ1n) is 10.3. The SMILES string of the molecule is COc1cc(C2=NCc3cc(CC(=O)N[C@H](C)c4ccc(F)cc4)ncc32)cc(C(F)(F)F)n1. The smallest absolute Gasteiger partial charge is 0.433 e. The van der Waals surface area contributed by atoms with Crippen LogP contribution < -0.4 is 10.1 Å². The van der Waals surface area contributed by atoms with Crippen LogP contribution in [0.5, 0.6) is 5.88 Å². The minimum absolute atomic E-state index is 0.00937. The molecule has 0 spiro atoms. The molecular formula is C24H20F4N4O2. The zero-order valence-electron chi connectivity index (χ0n) is 18.3. The Morgan fingerprint density at radius 1 is 1.18 bits per heavy atom. The summed E-state index contributed by atoms with van der Waals surface area (Å²) in [5.41, 5.74) is 2.11. The lowest BCUT2D eigenvalue weighted by Crippen LogP contribution is -2.28. The third kappa shape index (κ3) is 5.05. The molecular weight excluding hydrogens is 452 g/mol. The van der Waals surface area contributed by atoms with Gasteiger partial charge in [0.05, 0.1) is 37.5 Å². The van der Waals surface area contributed by atoms with Crippen molar-refractivity contribution >= 4 is 11.6 Å². The van der Waals surface area contributed by atoms with Crippen LogP contribution in [0.4, 0.5) is 17.6 Å². The van der Waals surface area contributed by atoms with Gasteiger partial charge < -0.3 is 10.1 Å². The molecule has 0 fully saturated rings. The van der Waals surface area contributed by atoms with Crippen LogP contribution in [0, 0.1) is 5.82 Å². The monoisotopic (exact) mass is 472 g/mol. The number of aliphatic imine (C=N–C) groups is 1. The van der Waals surface area contributed by atoms with Gasteiger partial charge in [0.15, 0.2) is 0 Å².